The second-order valence-corrected chi connectivity index (χ2v) is 4.20. The molecule has 1 fully saturated rings. The van der Waals surface area contributed by atoms with Crippen molar-refractivity contribution in [1.29, 1.82) is 0 Å². The summed E-state index contributed by atoms with van der Waals surface area (Å²) in [6, 6.07) is 3.71. The van der Waals surface area contributed by atoms with E-state index in [-0.39, 0.29) is 0 Å². The molecule has 0 radical (unpaired) electrons. The van der Waals surface area contributed by atoms with Crippen LogP contribution < -0.4 is 9.47 Å². The number of isocyanates is 1. The molecule has 0 N–H and O–H groups in total. The predicted molar refractivity (Wildman–Crippen MR) is 63.3 cm³/mol. The van der Waals surface area contributed by atoms with Crippen molar-refractivity contribution in [1.82, 2.24) is 0 Å². The van der Waals surface area contributed by atoms with Crippen LogP contribution in [0.5, 0.6) is 11.5 Å². The largest absolute Gasteiger partial charge is 0.496 e. The Kier molecular flexibility index (Phi) is 2.90. The first kappa shape index (κ1) is 11.7. The van der Waals surface area contributed by atoms with E-state index in [1.807, 2.05) is 19.1 Å². The van der Waals surface area contributed by atoms with Gasteiger partial charge in [0.2, 0.25) is 6.08 Å². The Morgan fingerprint density at radius 2 is 1.82 bits per heavy atom. The van der Waals surface area contributed by atoms with E-state index in [1.165, 1.54) is 0 Å². The molecule has 0 bridgehead atoms. The van der Waals surface area contributed by atoms with E-state index in [4.69, 9.17) is 9.47 Å². The van der Waals surface area contributed by atoms with Gasteiger partial charge >= 0.3 is 0 Å². The van der Waals surface area contributed by atoms with Gasteiger partial charge in [-0.2, -0.15) is 4.99 Å². The molecule has 1 aromatic rings. The van der Waals surface area contributed by atoms with Gasteiger partial charge in [-0.3, -0.25) is 0 Å². The average molecular weight is 233 g/mol. The fourth-order valence-corrected chi connectivity index (χ4v) is 2.26. The molecule has 1 saturated carbocycles. The van der Waals surface area contributed by atoms with Crippen LogP contribution in [0.2, 0.25) is 0 Å². The highest BCUT2D eigenvalue weighted by Crippen LogP contribution is 2.54. The zero-order valence-corrected chi connectivity index (χ0v) is 10.2. The van der Waals surface area contributed by atoms with E-state index in [0.29, 0.717) is 0 Å². The van der Waals surface area contributed by atoms with E-state index < -0.39 is 5.54 Å². The van der Waals surface area contributed by atoms with Crippen LogP contribution in [-0.4, -0.2) is 20.3 Å². The fourth-order valence-electron chi connectivity index (χ4n) is 2.26. The molecule has 1 aromatic carbocycles. The van der Waals surface area contributed by atoms with Gasteiger partial charge in [0, 0.05) is 11.1 Å². The Morgan fingerprint density at radius 1 is 1.24 bits per heavy atom. The first-order valence-corrected chi connectivity index (χ1v) is 5.49. The molecule has 4 heteroatoms. The monoisotopic (exact) mass is 233 g/mol. The Balaban J connectivity index is 2.61. The van der Waals surface area contributed by atoms with Gasteiger partial charge in [0.15, 0.2) is 0 Å². The van der Waals surface area contributed by atoms with Crippen LogP contribution in [0.25, 0.3) is 0 Å². The summed E-state index contributed by atoms with van der Waals surface area (Å²) in [4.78, 5) is 14.5. The lowest BCUT2D eigenvalue weighted by Gasteiger charge is -2.18. The maximum absolute atomic E-state index is 10.5. The summed E-state index contributed by atoms with van der Waals surface area (Å²) in [5.74, 6) is 1.54. The molecule has 2 rings (SSSR count). The molecule has 1 aliphatic carbocycles. The van der Waals surface area contributed by atoms with Crippen LogP contribution in [-0.2, 0) is 10.3 Å². The van der Waals surface area contributed by atoms with Crippen LogP contribution in [0.15, 0.2) is 17.1 Å². The van der Waals surface area contributed by atoms with Crippen molar-refractivity contribution >= 4 is 6.08 Å². The van der Waals surface area contributed by atoms with Crippen LogP contribution in [0, 0.1) is 6.92 Å². The van der Waals surface area contributed by atoms with Gasteiger partial charge in [-0.1, -0.05) is 0 Å². The molecule has 0 heterocycles. The lowest BCUT2D eigenvalue weighted by atomic mass is 9.97. The summed E-state index contributed by atoms with van der Waals surface area (Å²) in [6.45, 7) is 1.96. The second kappa shape index (κ2) is 4.22. The SMILES string of the molecule is COc1ccc(OC)c(C2(N=C=O)CC2)c1C. The first-order chi connectivity index (χ1) is 8.18. The second-order valence-electron chi connectivity index (χ2n) is 4.20. The smallest absolute Gasteiger partial charge is 0.235 e. The lowest BCUT2D eigenvalue weighted by molar-refractivity contribution is 0.391. The van der Waals surface area contributed by atoms with E-state index in [0.717, 1.165) is 35.5 Å². The van der Waals surface area contributed by atoms with Crippen LogP contribution in [0.4, 0.5) is 0 Å². The molecule has 0 saturated heterocycles. The van der Waals surface area contributed by atoms with Gasteiger partial charge in [0.05, 0.1) is 14.2 Å². The molecule has 1 aliphatic rings. The molecule has 4 nitrogen and oxygen atoms in total. The van der Waals surface area contributed by atoms with Crippen LogP contribution in [0.3, 0.4) is 0 Å². The molecule has 0 aromatic heterocycles. The number of carbonyl (C=O) groups excluding carboxylic acids is 1. The summed E-state index contributed by atoms with van der Waals surface area (Å²) in [5.41, 5.74) is 1.48. The fraction of sp³-hybridized carbons (Fsp3) is 0.462. The van der Waals surface area contributed by atoms with Crippen molar-refractivity contribution in [2.45, 2.75) is 25.3 Å². The minimum Gasteiger partial charge on any atom is -0.496 e. The zero-order chi connectivity index (χ0) is 12.5. The molecule has 90 valence electrons. The Labute approximate surface area is 100 Å². The normalized spacial score (nSPS) is 15.9. The molecular weight excluding hydrogens is 218 g/mol. The Morgan fingerprint density at radius 3 is 2.29 bits per heavy atom. The first-order valence-electron chi connectivity index (χ1n) is 5.49. The third kappa shape index (κ3) is 1.81. The topological polar surface area (TPSA) is 47.9 Å². The predicted octanol–water partition coefficient (Wildman–Crippen LogP) is 2.34. The molecule has 17 heavy (non-hydrogen) atoms. The van der Waals surface area contributed by atoms with Crippen molar-refractivity contribution in [3.63, 3.8) is 0 Å². The third-order valence-corrected chi connectivity index (χ3v) is 3.27. The molecule has 0 unspecified atom stereocenters. The summed E-state index contributed by atoms with van der Waals surface area (Å²) >= 11 is 0. The zero-order valence-electron chi connectivity index (χ0n) is 10.2. The highest BCUT2D eigenvalue weighted by Gasteiger charge is 2.48. The number of hydrogen-bond acceptors (Lipinski definition) is 4. The molecule has 0 atom stereocenters. The lowest BCUT2D eigenvalue weighted by Crippen LogP contribution is -2.08. The van der Waals surface area contributed by atoms with Gasteiger partial charge < -0.3 is 9.47 Å². The number of methoxy groups -OCH3 is 2. The Hall–Kier alpha value is -1.80. The highest BCUT2D eigenvalue weighted by molar-refractivity contribution is 5.55. The summed E-state index contributed by atoms with van der Waals surface area (Å²) < 4.78 is 10.6. The van der Waals surface area contributed by atoms with Gasteiger partial charge in [-0.05, 0) is 31.9 Å². The molecule has 0 aliphatic heterocycles. The summed E-state index contributed by atoms with van der Waals surface area (Å²) in [5, 5.41) is 0. The summed E-state index contributed by atoms with van der Waals surface area (Å²) in [6.07, 6.45) is 3.37. The molecule has 0 amide bonds. The quantitative estimate of drug-likeness (QED) is 0.592. The maximum Gasteiger partial charge on any atom is 0.235 e. The number of ether oxygens (including phenoxy) is 2. The van der Waals surface area contributed by atoms with Crippen LogP contribution >= 0.6 is 0 Å². The minimum absolute atomic E-state index is 0.439. The van der Waals surface area contributed by atoms with E-state index >= 15 is 0 Å². The number of benzene rings is 1. The van der Waals surface area contributed by atoms with Gasteiger partial charge in [-0.25, -0.2) is 4.79 Å². The summed E-state index contributed by atoms with van der Waals surface area (Å²) in [7, 11) is 3.24. The minimum atomic E-state index is -0.439. The number of hydrogen-bond donors (Lipinski definition) is 0. The van der Waals surface area contributed by atoms with E-state index in [2.05, 4.69) is 4.99 Å². The van der Waals surface area contributed by atoms with Crippen molar-refractivity contribution < 1.29 is 14.3 Å². The highest BCUT2D eigenvalue weighted by atomic mass is 16.5. The third-order valence-electron chi connectivity index (χ3n) is 3.27. The number of aliphatic imine (C=N–C) groups is 1. The van der Waals surface area contributed by atoms with Crippen molar-refractivity contribution in [3.8, 4) is 11.5 Å². The average Bonchev–Trinajstić information content (AvgIpc) is 3.09. The number of rotatable bonds is 4. The van der Waals surface area contributed by atoms with Gasteiger partial charge in [-0.15, -0.1) is 0 Å². The standard InChI is InChI=1S/C13H15NO3/c1-9-10(16-2)4-5-11(17-3)12(9)13(6-7-13)14-8-15/h4-5H,6-7H2,1-3H3. The Bertz CT molecular complexity index is 486. The molecular formula is C13H15NO3. The maximum atomic E-state index is 10.5. The molecule has 0 spiro atoms. The van der Waals surface area contributed by atoms with Crippen molar-refractivity contribution in [2.24, 2.45) is 4.99 Å². The van der Waals surface area contributed by atoms with Gasteiger partial charge in [0.1, 0.15) is 17.0 Å². The van der Waals surface area contributed by atoms with Crippen molar-refractivity contribution in [2.75, 3.05) is 14.2 Å². The van der Waals surface area contributed by atoms with Crippen LogP contribution in [0.1, 0.15) is 24.0 Å². The van der Waals surface area contributed by atoms with Crippen molar-refractivity contribution in [3.05, 3.63) is 23.3 Å². The van der Waals surface area contributed by atoms with Gasteiger partial charge in [0.25, 0.3) is 0 Å². The van der Waals surface area contributed by atoms with E-state index in [9.17, 15) is 4.79 Å². The van der Waals surface area contributed by atoms with E-state index in [1.54, 1.807) is 20.3 Å². The number of nitrogens with zero attached hydrogens (tertiary/aromatic N) is 1.